The van der Waals surface area contributed by atoms with E-state index in [0.717, 1.165) is 9.15 Å². The molecule has 0 bridgehead atoms. The molecule has 3 aromatic carbocycles. The Kier molecular flexibility index (Phi) is 6.97. The van der Waals surface area contributed by atoms with Crippen LogP contribution in [0.15, 0.2) is 69.0 Å². The Labute approximate surface area is 211 Å². The molecule has 34 heavy (non-hydrogen) atoms. The summed E-state index contributed by atoms with van der Waals surface area (Å²) in [6, 6.07) is 14.3. The summed E-state index contributed by atoms with van der Waals surface area (Å²) >= 11 is 15.5. The number of hydrogen-bond donors (Lipinski definition) is 0. The number of ether oxygens (including phenoxy) is 1. The highest BCUT2D eigenvalue weighted by Gasteiger charge is 2.13. The second-order valence-corrected chi connectivity index (χ2v) is 8.94. The van der Waals surface area contributed by atoms with Crippen molar-refractivity contribution < 1.29 is 9.66 Å². The van der Waals surface area contributed by atoms with Gasteiger partial charge >= 0.3 is 0 Å². The number of hydrogen-bond acceptors (Lipinski definition) is 6. The Bertz CT molecular complexity index is 1520. The molecule has 0 unspecified atom stereocenters. The minimum absolute atomic E-state index is 0.0964. The molecule has 0 spiro atoms. The first-order valence-electron chi connectivity index (χ1n) is 9.81. The van der Waals surface area contributed by atoms with Gasteiger partial charge in [0.25, 0.3) is 11.2 Å². The van der Waals surface area contributed by atoms with Gasteiger partial charge in [-0.2, -0.15) is 9.78 Å². The molecule has 1 heterocycles. The van der Waals surface area contributed by atoms with Crippen molar-refractivity contribution in [2.45, 2.75) is 13.5 Å². The van der Waals surface area contributed by atoms with Crippen molar-refractivity contribution in [1.29, 1.82) is 0 Å². The highest BCUT2D eigenvalue weighted by molar-refractivity contribution is 9.10. The van der Waals surface area contributed by atoms with Crippen LogP contribution in [0.25, 0.3) is 10.9 Å². The van der Waals surface area contributed by atoms with Crippen LogP contribution in [0.1, 0.15) is 17.0 Å². The summed E-state index contributed by atoms with van der Waals surface area (Å²) in [5, 5.41) is 16.9. The van der Waals surface area contributed by atoms with Gasteiger partial charge in [-0.3, -0.25) is 14.9 Å². The maximum Gasteiger partial charge on any atom is 0.282 e. The van der Waals surface area contributed by atoms with Crippen LogP contribution < -0.4 is 10.3 Å². The molecule has 0 atom stereocenters. The van der Waals surface area contributed by atoms with Crippen LogP contribution in [-0.4, -0.2) is 20.8 Å². The number of rotatable bonds is 6. The molecule has 0 aliphatic carbocycles. The van der Waals surface area contributed by atoms with E-state index in [-0.39, 0.29) is 17.9 Å². The largest absolute Gasteiger partial charge is 0.488 e. The number of nitrogens with zero attached hydrogens (tertiary/aromatic N) is 4. The number of aryl methyl sites for hydroxylation is 1. The minimum atomic E-state index is -0.524. The van der Waals surface area contributed by atoms with Crippen molar-refractivity contribution in [3.8, 4) is 5.75 Å². The number of halogens is 3. The van der Waals surface area contributed by atoms with Gasteiger partial charge in [-0.25, -0.2) is 4.98 Å². The van der Waals surface area contributed by atoms with Gasteiger partial charge in [-0.15, -0.1) is 0 Å². The van der Waals surface area contributed by atoms with E-state index in [1.165, 1.54) is 24.4 Å². The third kappa shape index (κ3) is 5.11. The van der Waals surface area contributed by atoms with E-state index in [4.69, 9.17) is 27.9 Å². The summed E-state index contributed by atoms with van der Waals surface area (Å²) in [6.45, 7) is 1.74. The molecule has 11 heteroatoms. The normalized spacial score (nSPS) is 11.3. The summed E-state index contributed by atoms with van der Waals surface area (Å²) < 4.78 is 7.73. The molecular weight excluding hydrogens is 547 g/mol. The maximum absolute atomic E-state index is 13.0. The van der Waals surface area contributed by atoms with Gasteiger partial charge in [0.15, 0.2) is 0 Å². The zero-order valence-electron chi connectivity index (χ0n) is 17.5. The Balaban J connectivity index is 1.72. The quantitative estimate of drug-likeness (QED) is 0.160. The molecule has 0 amide bonds. The zero-order valence-corrected chi connectivity index (χ0v) is 20.6. The lowest BCUT2D eigenvalue weighted by molar-refractivity contribution is -0.384. The lowest BCUT2D eigenvalue weighted by atomic mass is 10.2. The molecule has 0 saturated carbocycles. The van der Waals surface area contributed by atoms with Crippen molar-refractivity contribution in [2.24, 2.45) is 5.10 Å². The zero-order chi connectivity index (χ0) is 24.4. The molecule has 4 aromatic rings. The predicted octanol–water partition coefficient (Wildman–Crippen LogP) is 6.14. The monoisotopic (exact) mass is 560 g/mol. The first kappa shape index (κ1) is 23.9. The van der Waals surface area contributed by atoms with E-state index in [2.05, 4.69) is 26.0 Å². The fraction of sp³-hybridized carbons (Fsp3) is 0.0870. The smallest absolute Gasteiger partial charge is 0.282 e. The van der Waals surface area contributed by atoms with E-state index < -0.39 is 4.92 Å². The van der Waals surface area contributed by atoms with Crippen LogP contribution in [-0.2, 0) is 6.61 Å². The van der Waals surface area contributed by atoms with E-state index in [1.54, 1.807) is 43.3 Å². The molecule has 0 saturated heterocycles. The molecule has 0 radical (unpaired) electrons. The van der Waals surface area contributed by atoms with Gasteiger partial charge in [-0.05, 0) is 43.3 Å². The average Bonchev–Trinajstić information content (AvgIpc) is 2.79. The molecular formula is C23H15BrCl2N4O4. The summed E-state index contributed by atoms with van der Waals surface area (Å²) in [7, 11) is 0. The van der Waals surface area contributed by atoms with Crippen LogP contribution in [0.3, 0.4) is 0 Å². The molecule has 0 aliphatic rings. The summed E-state index contributed by atoms with van der Waals surface area (Å²) in [4.78, 5) is 28.2. The van der Waals surface area contributed by atoms with Gasteiger partial charge in [0.05, 0.1) is 22.0 Å². The second kappa shape index (κ2) is 9.92. The topological polar surface area (TPSA) is 99.6 Å². The summed E-state index contributed by atoms with van der Waals surface area (Å²) in [5.74, 6) is 0.680. The van der Waals surface area contributed by atoms with E-state index >= 15 is 0 Å². The number of non-ortho nitro benzene ring substituents is 1. The second-order valence-electron chi connectivity index (χ2n) is 7.19. The molecule has 4 rings (SSSR count). The van der Waals surface area contributed by atoms with Crippen molar-refractivity contribution >= 4 is 61.9 Å². The minimum Gasteiger partial charge on any atom is -0.488 e. The van der Waals surface area contributed by atoms with Gasteiger partial charge in [0.2, 0.25) is 0 Å². The summed E-state index contributed by atoms with van der Waals surface area (Å²) in [6.07, 6.45) is 1.33. The van der Waals surface area contributed by atoms with Crippen molar-refractivity contribution in [1.82, 2.24) is 9.66 Å². The molecule has 8 nitrogen and oxygen atoms in total. The van der Waals surface area contributed by atoms with Crippen LogP contribution in [0.4, 0.5) is 5.69 Å². The first-order chi connectivity index (χ1) is 16.2. The standard InChI is InChI=1S/C23H15BrCl2N4O4/c1-13-28-21-6-3-16(24)9-19(21)23(31)29(13)27-11-15-8-18(30(32)33)5-7-22(15)34-12-14-2-4-17(25)10-20(14)26/h2-11H,12H2,1H3. The van der Waals surface area contributed by atoms with Gasteiger partial charge < -0.3 is 4.74 Å². The SMILES string of the molecule is Cc1nc2ccc(Br)cc2c(=O)n1N=Cc1cc([N+](=O)[O-])ccc1OCc1ccc(Cl)cc1Cl. The molecule has 0 fully saturated rings. The highest BCUT2D eigenvalue weighted by Crippen LogP contribution is 2.26. The number of fused-ring (bicyclic) bond motifs is 1. The van der Waals surface area contributed by atoms with Crippen molar-refractivity contribution in [2.75, 3.05) is 0 Å². The fourth-order valence-electron chi connectivity index (χ4n) is 3.19. The van der Waals surface area contributed by atoms with Crippen LogP contribution in [0, 0.1) is 17.0 Å². The molecule has 172 valence electrons. The number of benzene rings is 3. The maximum atomic E-state index is 13.0. The number of aromatic nitrogens is 2. The van der Waals surface area contributed by atoms with Crippen LogP contribution in [0.5, 0.6) is 5.75 Å². The Morgan fingerprint density at radius 3 is 2.71 bits per heavy atom. The van der Waals surface area contributed by atoms with Gasteiger partial charge in [-0.1, -0.05) is 45.2 Å². The first-order valence-corrected chi connectivity index (χ1v) is 11.4. The third-order valence-electron chi connectivity index (χ3n) is 4.88. The van der Waals surface area contributed by atoms with E-state index in [0.29, 0.717) is 43.6 Å². The van der Waals surface area contributed by atoms with Crippen LogP contribution >= 0.6 is 39.1 Å². The number of nitro benzene ring substituents is 1. The molecule has 1 aromatic heterocycles. The van der Waals surface area contributed by atoms with Gasteiger partial charge in [0.1, 0.15) is 18.2 Å². The lowest BCUT2D eigenvalue weighted by Crippen LogP contribution is -2.20. The Morgan fingerprint density at radius 2 is 1.97 bits per heavy atom. The third-order valence-corrected chi connectivity index (χ3v) is 5.97. The number of nitro groups is 1. The average molecular weight is 562 g/mol. The highest BCUT2D eigenvalue weighted by atomic mass is 79.9. The molecule has 0 N–H and O–H groups in total. The van der Waals surface area contributed by atoms with Crippen LogP contribution in [0.2, 0.25) is 10.0 Å². The Hall–Kier alpha value is -3.27. The molecule has 0 aliphatic heterocycles. The fourth-order valence-corrected chi connectivity index (χ4v) is 4.02. The van der Waals surface area contributed by atoms with Crippen molar-refractivity contribution in [3.05, 3.63) is 107 Å². The Morgan fingerprint density at radius 1 is 1.18 bits per heavy atom. The lowest BCUT2D eigenvalue weighted by Gasteiger charge is -2.11. The van der Waals surface area contributed by atoms with Crippen molar-refractivity contribution in [3.63, 3.8) is 0 Å². The summed E-state index contributed by atoms with van der Waals surface area (Å²) in [5.41, 5.74) is 1.00. The van der Waals surface area contributed by atoms with Gasteiger partial charge in [0, 0.05) is 37.8 Å². The van der Waals surface area contributed by atoms with E-state index in [1.807, 2.05) is 0 Å². The predicted molar refractivity (Wildman–Crippen MR) is 135 cm³/mol. The van der Waals surface area contributed by atoms with E-state index in [9.17, 15) is 14.9 Å².